The fourth-order valence-electron chi connectivity index (χ4n) is 3.06. The van der Waals surface area contributed by atoms with E-state index in [1.807, 2.05) is 24.3 Å². The van der Waals surface area contributed by atoms with Crippen molar-refractivity contribution < 1.29 is 9.53 Å². The molecule has 22 heavy (non-hydrogen) atoms. The van der Waals surface area contributed by atoms with Crippen LogP contribution in [0.2, 0.25) is 0 Å². The van der Waals surface area contributed by atoms with Gasteiger partial charge in [0.15, 0.2) is 6.61 Å². The molecule has 0 aromatic heterocycles. The largest absolute Gasteiger partial charge is 0.484 e. The molecule has 0 aliphatic carbocycles. The third-order valence-corrected chi connectivity index (χ3v) is 4.60. The van der Waals surface area contributed by atoms with Crippen molar-refractivity contribution in [1.29, 1.82) is 0 Å². The van der Waals surface area contributed by atoms with Crippen LogP contribution in [0, 0.1) is 15.4 Å². The van der Waals surface area contributed by atoms with Crippen molar-refractivity contribution in [2.45, 2.75) is 20.3 Å². The van der Waals surface area contributed by atoms with E-state index in [-0.39, 0.29) is 12.5 Å². The topological polar surface area (TPSA) is 41.6 Å². The van der Waals surface area contributed by atoms with Crippen LogP contribution in [0.25, 0.3) is 0 Å². The molecule has 1 amide bonds. The zero-order valence-corrected chi connectivity index (χ0v) is 15.5. The molecule has 1 heterocycles. The molecular weight excluding hydrogens is 391 g/mol. The Balaban J connectivity index is 1.62. The summed E-state index contributed by atoms with van der Waals surface area (Å²) in [6, 6.07) is 7.69. The van der Waals surface area contributed by atoms with Gasteiger partial charge in [-0.15, -0.1) is 0 Å². The lowest BCUT2D eigenvalue weighted by atomic mass is 9.92. The first-order valence-electron chi connectivity index (χ1n) is 7.90. The maximum absolute atomic E-state index is 11.8. The first-order chi connectivity index (χ1) is 10.5. The van der Waals surface area contributed by atoms with Crippen molar-refractivity contribution in [1.82, 2.24) is 10.2 Å². The van der Waals surface area contributed by atoms with Crippen molar-refractivity contribution >= 4 is 28.5 Å². The summed E-state index contributed by atoms with van der Waals surface area (Å²) in [6.07, 6.45) is 1.31. The lowest BCUT2D eigenvalue weighted by Gasteiger charge is -2.34. The van der Waals surface area contributed by atoms with Gasteiger partial charge in [-0.25, -0.2) is 0 Å². The molecule has 1 aliphatic heterocycles. The first kappa shape index (κ1) is 17.5. The number of likely N-dealkylation sites (tertiary alicyclic amines) is 1. The molecule has 2 atom stereocenters. The van der Waals surface area contributed by atoms with Crippen molar-refractivity contribution in [3.05, 3.63) is 27.8 Å². The summed E-state index contributed by atoms with van der Waals surface area (Å²) in [5, 5.41) is 2.93. The highest BCUT2D eigenvalue weighted by Crippen LogP contribution is 2.20. The minimum absolute atomic E-state index is 0.0587. The molecule has 2 rings (SSSR count). The predicted octanol–water partition coefficient (Wildman–Crippen LogP) is 2.76. The Kier molecular flexibility index (Phi) is 6.95. The molecule has 0 bridgehead atoms. The number of rotatable bonds is 6. The summed E-state index contributed by atoms with van der Waals surface area (Å²) >= 11 is 2.24. The Morgan fingerprint density at radius 2 is 1.91 bits per heavy atom. The standard InChI is InChI=1S/C17H25IN2O2/c1-13-9-14(2)11-20(10-13)8-7-19-17(21)12-22-16-5-3-15(18)4-6-16/h3-6,13-14H,7-12H2,1-2H3,(H,19,21). The third kappa shape index (κ3) is 6.12. The van der Waals surface area contributed by atoms with Crippen LogP contribution in [0.1, 0.15) is 20.3 Å². The van der Waals surface area contributed by atoms with Crippen LogP contribution in [0.5, 0.6) is 5.75 Å². The van der Waals surface area contributed by atoms with Gasteiger partial charge in [-0.1, -0.05) is 13.8 Å². The molecule has 0 radical (unpaired) electrons. The molecule has 1 aromatic carbocycles. The van der Waals surface area contributed by atoms with Crippen molar-refractivity contribution in [3.63, 3.8) is 0 Å². The Morgan fingerprint density at radius 1 is 1.27 bits per heavy atom. The average molecular weight is 416 g/mol. The third-order valence-electron chi connectivity index (χ3n) is 3.88. The van der Waals surface area contributed by atoms with Gasteiger partial charge in [0.1, 0.15) is 5.75 Å². The van der Waals surface area contributed by atoms with Crippen molar-refractivity contribution in [2.75, 3.05) is 32.8 Å². The Labute approximate surface area is 146 Å². The van der Waals surface area contributed by atoms with E-state index >= 15 is 0 Å². The second-order valence-corrected chi connectivity index (χ2v) is 7.54. The van der Waals surface area contributed by atoms with Crippen molar-refractivity contribution in [2.24, 2.45) is 11.8 Å². The van der Waals surface area contributed by atoms with Gasteiger partial charge < -0.3 is 15.0 Å². The van der Waals surface area contributed by atoms with Crippen LogP contribution in [-0.4, -0.2) is 43.6 Å². The summed E-state index contributed by atoms with van der Waals surface area (Å²) in [4.78, 5) is 14.2. The summed E-state index contributed by atoms with van der Waals surface area (Å²) in [5.74, 6) is 2.18. The van der Waals surface area contributed by atoms with Gasteiger partial charge in [-0.2, -0.15) is 0 Å². The van der Waals surface area contributed by atoms with Crippen LogP contribution in [0.15, 0.2) is 24.3 Å². The van der Waals surface area contributed by atoms with E-state index in [9.17, 15) is 4.79 Å². The summed E-state index contributed by atoms with van der Waals surface area (Å²) in [6.45, 7) is 8.57. The van der Waals surface area contributed by atoms with Gasteiger partial charge >= 0.3 is 0 Å². The SMILES string of the molecule is CC1CC(C)CN(CCNC(=O)COc2ccc(I)cc2)C1. The summed E-state index contributed by atoms with van der Waals surface area (Å²) in [5.41, 5.74) is 0. The molecular formula is C17H25IN2O2. The molecule has 1 aliphatic rings. The van der Waals surface area contributed by atoms with E-state index in [4.69, 9.17) is 4.74 Å². The monoisotopic (exact) mass is 416 g/mol. The molecule has 122 valence electrons. The normalized spacial score (nSPS) is 22.3. The van der Waals surface area contributed by atoms with Crippen LogP contribution >= 0.6 is 22.6 Å². The molecule has 4 nitrogen and oxygen atoms in total. The fourth-order valence-corrected chi connectivity index (χ4v) is 3.42. The number of amides is 1. The number of nitrogens with zero attached hydrogens (tertiary/aromatic N) is 1. The van der Waals surface area contributed by atoms with Gasteiger partial charge in [-0.3, -0.25) is 4.79 Å². The van der Waals surface area contributed by atoms with Gasteiger partial charge in [0.25, 0.3) is 5.91 Å². The van der Waals surface area contributed by atoms with E-state index in [2.05, 4.69) is 46.7 Å². The molecule has 1 fully saturated rings. The van der Waals surface area contributed by atoms with E-state index < -0.39 is 0 Å². The first-order valence-corrected chi connectivity index (χ1v) is 8.98. The number of hydrogen-bond donors (Lipinski definition) is 1. The van der Waals surface area contributed by atoms with Gasteiger partial charge in [0.2, 0.25) is 0 Å². The number of ether oxygens (including phenoxy) is 1. The number of halogens is 1. The molecule has 2 unspecified atom stereocenters. The maximum atomic E-state index is 11.8. The highest BCUT2D eigenvalue weighted by atomic mass is 127. The number of carbonyl (C=O) groups excluding carboxylic acids is 1. The maximum Gasteiger partial charge on any atom is 0.257 e. The van der Waals surface area contributed by atoms with E-state index in [1.54, 1.807) is 0 Å². The van der Waals surface area contributed by atoms with Crippen LogP contribution < -0.4 is 10.1 Å². The average Bonchev–Trinajstić information content (AvgIpc) is 2.46. The van der Waals surface area contributed by atoms with Crippen LogP contribution in [0.3, 0.4) is 0 Å². The number of piperidine rings is 1. The fraction of sp³-hybridized carbons (Fsp3) is 0.588. The zero-order valence-electron chi connectivity index (χ0n) is 13.3. The van der Waals surface area contributed by atoms with E-state index in [0.717, 1.165) is 40.8 Å². The number of hydrogen-bond acceptors (Lipinski definition) is 3. The number of benzene rings is 1. The van der Waals surface area contributed by atoms with Gasteiger partial charge in [0, 0.05) is 29.7 Å². The minimum atomic E-state index is -0.0587. The van der Waals surface area contributed by atoms with Crippen molar-refractivity contribution in [3.8, 4) is 5.75 Å². The highest BCUT2D eigenvalue weighted by Gasteiger charge is 2.21. The lowest BCUT2D eigenvalue weighted by Crippen LogP contribution is -2.43. The number of carbonyl (C=O) groups is 1. The second kappa shape index (κ2) is 8.72. The Bertz CT molecular complexity index is 468. The van der Waals surface area contributed by atoms with Gasteiger partial charge in [-0.05, 0) is 65.1 Å². The highest BCUT2D eigenvalue weighted by molar-refractivity contribution is 14.1. The minimum Gasteiger partial charge on any atom is -0.484 e. The predicted molar refractivity (Wildman–Crippen MR) is 97.0 cm³/mol. The summed E-state index contributed by atoms with van der Waals surface area (Å²) in [7, 11) is 0. The lowest BCUT2D eigenvalue weighted by molar-refractivity contribution is -0.123. The molecule has 5 heteroatoms. The van der Waals surface area contributed by atoms with E-state index in [1.165, 1.54) is 6.42 Å². The number of nitrogens with one attached hydrogen (secondary N) is 1. The summed E-state index contributed by atoms with van der Waals surface area (Å²) < 4.78 is 6.62. The van der Waals surface area contributed by atoms with E-state index in [0.29, 0.717) is 6.54 Å². The van der Waals surface area contributed by atoms with Crippen LogP contribution in [-0.2, 0) is 4.79 Å². The molecule has 1 N–H and O–H groups in total. The smallest absolute Gasteiger partial charge is 0.257 e. The molecule has 0 saturated carbocycles. The van der Waals surface area contributed by atoms with Gasteiger partial charge in [0.05, 0.1) is 0 Å². The quantitative estimate of drug-likeness (QED) is 0.726. The molecule has 0 spiro atoms. The van der Waals surface area contributed by atoms with Crippen LogP contribution in [0.4, 0.5) is 0 Å². The molecule has 1 aromatic rings. The zero-order chi connectivity index (χ0) is 15.9. The molecule has 1 saturated heterocycles. The Morgan fingerprint density at radius 3 is 2.55 bits per heavy atom. The second-order valence-electron chi connectivity index (χ2n) is 6.30. The Hall–Kier alpha value is -0.820.